The minimum Gasteiger partial charge on any atom is -0.467 e. The number of furan rings is 1. The molecule has 150 valence electrons. The predicted octanol–water partition coefficient (Wildman–Crippen LogP) is 4.29. The van der Waals surface area contributed by atoms with Gasteiger partial charge >= 0.3 is 0 Å². The Hall–Kier alpha value is -3.36. The van der Waals surface area contributed by atoms with Gasteiger partial charge in [-0.3, -0.25) is 0 Å². The van der Waals surface area contributed by atoms with Gasteiger partial charge in [0.2, 0.25) is 9.84 Å². The molecule has 2 N–H and O–H groups in total. The second-order valence-corrected chi connectivity index (χ2v) is 9.04. The molecule has 0 bridgehead atoms. The molecule has 2 aromatic carbocycles. The summed E-state index contributed by atoms with van der Waals surface area (Å²) >= 11 is 5.93. The van der Waals surface area contributed by atoms with Crippen LogP contribution in [0.3, 0.4) is 0 Å². The number of hydrogen-bond acceptors (Lipinski definition) is 6. The highest BCUT2D eigenvalue weighted by Crippen LogP contribution is 2.36. The lowest BCUT2D eigenvalue weighted by Gasteiger charge is -2.07. The number of nitrogens with zero attached hydrogens (tertiary/aromatic N) is 3. The van der Waals surface area contributed by atoms with Crippen LogP contribution >= 0.6 is 11.6 Å². The lowest BCUT2D eigenvalue weighted by Crippen LogP contribution is -2.08. The molecular weight excluding hydrogens is 424 g/mol. The first-order valence-corrected chi connectivity index (χ1v) is 10.9. The summed E-state index contributed by atoms with van der Waals surface area (Å²) in [6.45, 7) is 0.221. The number of benzene rings is 2. The Balaban J connectivity index is 1.83. The Morgan fingerprint density at radius 2 is 1.67 bits per heavy atom. The Kier molecular flexibility index (Phi) is 4.27. The van der Waals surface area contributed by atoms with Crippen molar-refractivity contribution in [1.29, 1.82) is 0 Å². The molecule has 0 saturated heterocycles. The molecule has 30 heavy (non-hydrogen) atoms. The first kappa shape index (κ1) is 18.7. The monoisotopic (exact) mass is 438 g/mol. The fourth-order valence-electron chi connectivity index (χ4n) is 3.40. The maximum absolute atomic E-state index is 13.5. The summed E-state index contributed by atoms with van der Waals surface area (Å²) in [5.74, 6) is 0.663. The molecule has 0 unspecified atom stereocenters. The van der Waals surface area contributed by atoms with Gasteiger partial charge in [-0.25, -0.2) is 18.4 Å². The number of anilines is 1. The maximum Gasteiger partial charge on any atom is 0.212 e. The van der Waals surface area contributed by atoms with Crippen molar-refractivity contribution >= 4 is 49.5 Å². The summed E-state index contributed by atoms with van der Waals surface area (Å²) in [7, 11) is -3.98. The van der Waals surface area contributed by atoms with Crippen molar-refractivity contribution in [2.24, 2.45) is 0 Å². The van der Waals surface area contributed by atoms with Gasteiger partial charge in [0.15, 0.2) is 5.65 Å². The Labute approximate surface area is 176 Å². The summed E-state index contributed by atoms with van der Waals surface area (Å²) in [5.41, 5.74) is 8.18. The molecule has 0 spiro atoms. The number of aromatic nitrogens is 3. The van der Waals surface area contributed by atoms with Crippen LogP contribution in [0.25, 0.3) is 22.2 Å². The van der Waals surface area contributed by atoms with Crippen LogP contribution < -0.4 is 5.73 Å². The largest absolute Gasteiger partial charge is 0.467 e. The van der Waals surface area contributed by atoms with E-state index in [0.29, 0.717) is 27.5 Å². The number of fused-ring (bicyclic) bond motifs is 2. The number of halogens is 1. The molecule has 0 saturated carbocycles. The lowest BCUT2D eigenvalue weighted by atomic mass is 10.3. The van der Waals surface area contributed by atoms with Gasteiger partial charge in [0.25, 0.3) is 0 Å². The average molecular weight is 439 g/mol. The zero-order valence-electron chi connectivity index (χ0n) is 15.5. The summed E-state index contributed by atoms with van der Waals surface area (Å²) in [6.07, 6.45) is 1.55. The summed E-state index contributed by atoms with van der Waals surface area (Å²) < 4.78 is 34.0. The zero-order chi connectivity index (χ0) is 20.9. The number of para-hydroxylation sites is 2. The van der Waals surface area contributed by atoms with Crippen LogP contribution in [0.1, 0.15) is 5.76 Å². The molecule has 0 aliphatic carbocycles. The normalized spacial score (nSPS) is 12.0. The minimum absolute atomic E-state index is 0.0478. The van der Waals surface area contributed by atoms with E-state index in [1.807, 2.05) is 18.2 Å². The van der Waals surface area contributed by atoms with Crippen LogP contribution in [0.2, 0.25) is 5.02 Å². The van der Waals surface area contributed by atoms with Crippen LogP contribution in [-0.2, 0) is 16.4 Å². The van der Waals surface area contributed by atoms with Crippen LogP contribution in [0.4, 0.5) is 5.82 Å². The average Bonchev–Trinajstić information content (AvgIpc) is 3.34. The molecule has 0 radical (unpaired) electrons. The number of hydrogen-bond donors (Lipinski definition) is 1. The molecule has 5 rings (SSSR count). The van der Waals surface area contributed by atoms with Gasteiger partial charge in [-0.2, -0.15) is 0 Å². The molecule has 3 aromatic heterocycles. The van der Waals surface area contributed by atoms with Crippen molar-refractivity contribution < 1.29 is 12.8 Å². The quantitative estimate of drug-likeness (QED) is 0.448. The lowest BCUT2D eigenvalue weighted by molar-refractivity contribution is 0.497. The first-order valence-electron chi connectivity index (χ1n) is 9.02. The Morgan fingerprint density at radius 3 is 2.33 bits per heavy atom. The van der Waals surface area contributed by atoms with Crippen LogP contribution in [0.5, 0.6) is 0 Å². The van der Waals surface area contributed by atoms with Crippen molar-refractivity contribution in [3.05, 3.63) is 77.7 Å². The van der Waals surface area contributed by atoms with Crippen molar-refractivity contribution in [3.63, 3.8) is 0 Å². The zero-order valence-corrected chi connectivity index (χ0v) is 17.1. The van der Waals surface area contributed by atoms with E-state index in [-0.39, 0.29) is 27.7 Å². The summed E-state index contributed by atoms with van der Waals surface area (Å²) in [4.78, 5) is 9.25. The van der Waals surface area contributed by atoms with E-state index < -0.39 is 9.84 Å². The molecule has 5 aromatic rings. The molecule has 0 atom stereocenters. The topological polar surface area (TPSA) is 104 Å². The van der Waals surface area contributed by atoms with Crippen LogP contribution in [0, 0.1) is 0 Å². The molecule has 0 amide bonds. The third-order valence-electron chi connectivity index (χ3n) is 4.83. The molecule has 9 heteroatoms. The highest BCUT2D eigenvalue weighted by molar-refractivity contribution is 7.92. The SMILES string of the molecule is Nc1c(S(=O)(=O)c2ccc(Cl)cc2)c2nc3ccccc3nc2n1Cc1ccco1. The van der Waals surface area contributed by atoms with E-state index in [1.165, 1.54) is 24.3 Å². The first-order chi connectivity index (χ1) is 14.4. The van der Waals surface area contributed by atoms with Crippen LogP contribution in [0.15, 0.2) is 81.1 Å². The van der Waals surface area contributed by atoms with Gasteiger partial charge in [0, 0.05) is 5.02 Å². The minimum atomic E-state index is -3.98. The van der Waals surface area contributed by atoms with E-state index in [1.54, 1.807) is 29.0 Å². The van der Waals surface area contributed by atoms with Gasteiger partial charge in [0.1, 0.15) is 22.0 Å². The molecule has 3 heterocycles. The third kappa shape index (κ3) is 2.92. The molecule has 0 aliphatic heterocycles. The fourth-order valence-corrected chi connectivity index (χ4v) is 5.04. The van der Waals surface area contributed by atoms with E-state index >= 15 is 0 Å². The highest BCUT2D eigenvalue weighted by atomic mass is 35.5. The van der Waals surface area contributed by atoms with Crippen molar-refractivity contribution in [2.75, 3.05) is 5.73 Å². The van der Waals surface area contributed by atoms with Gasteiger partial charge < -0.3 is 14.7 Å². The van der Waals surface area contributed by atoms with Crippen LogP contribution in [-0.4, -0.2) is 23.0 Å². The summed E-state index contributed by atoms with van der Waals surface area (Å²) in [5, 5.41) is 0.438. The Bertz CT molecular complexity index is 1490. The van der Waals surface area contributed by atoms with E-state index in [4.69, 9.17) is 21.8 Å². The van der Waals surface area contributed by atoms with Crippen molar-refractivity contribution in [3.8, 4) is 0 Å². The second-order valence-electron chi connectivity index (χ2n) is 6.72. The van der Waals surface area contributed by atoms with Gasteiger partial charge in [-0.1, -0.05) is 23.7 Å². The van der Waals surface area contributed by atoms with Crippen molar-refractivity contribution in [1.82, 2.24) is 14.5 Å². The molecular formula is C21H15ClN4O3S. The van der Waals surface area contributed by atoms with Crippen molar-refractivity contribution in [2.45, 2.75) is 16.3 Å². The fraction of sp³-hybridized carbons (Fsp3) is 0.0476. The Morgan fingerprint density at radius 1 is 0.967 bits per heavy atom. The smallest absolute Gasteiger partial charge is 0.212 e. The number of nitrogen functional groups attached to an aromatic ring is 1. The summed E-state index contributed by atoms with van der Waals surface area (Å²) in [6, 6.07) is 16.7. The predicted molar refractivity (Wildman–Crippen MR) is 114 cm³/mol. The second kappa shape index (κ2) is 6.86. The maximum atomic E-state index is 13.5. The standard InChI is InChI=1S/C21H15ClN4O3S/c22-13-7-9-15(10-8-13)30(27,28)19-18-21(25-17-6-2-1-5-16(17)24-18)26(20(19)23)12-14-4-3-11-29-14/h1-11H,12,23H2. The number of rotatable bonds is 4. The molecule has 0 aliphatic rings. The van der Waals surface area contributed by atoms with Gasteiger partial charge in [-0.05, 0) is 48.5 Å². The van der Waals surface area contributed by atoms with E-state index in [9.17, 15) is 8.42 Å². The van der Waals surface area contributed by atoms with E-state index in [0.717, 1.165) is 0 Å². The number of sulfone groups is 1. The number of nitrogens with two attached hydrogens (primary N) is 1. The van der Waals surface area contributed by atoms with Gasteiger partial charge in [0.05, 0.1) is 28.7 Å². The molecule has 0 fully saturated rings. The van der Waals surface area contributed by atoms with Gasteiger partial charge in [-0.15, -0.1) is 0 Å². The highest BCUT2D eigenvalue weighted by Gasteiger charge is 2.30. The van der Waals surface area contributed by atoms with E-state index in [2.05, 4.69) is 9.97 Å². The molecule has 7 nitrogen and oxygen atoms in total. The third-order valence-corrected chi connectivity index (χ3v) is 6.92.